The summed E-state index contributed by atoms with van der Waals surface area (Å²) in [7, 11) is 3.74. The van der Waals surface area contributed by atoms with Gasteiger partial charge in [-0.25, -0.2) is 4.98 Å². The van der Waals surface area contributed by atoms with Gasteiger partial charge in [-0.15, -0.1) is 0 Å². The van der Waals surface area contributed by atoms with E-state index in [1.165, 1.54) is 0 Å². The van der Waals surface area contributed by atoms with Gasteiger partial charge in [-0.3, -0.25) is 9.48 Å². The monoisotopic (exact) mass is 397 g/mol. The van der Waals surface area contributed by atoms with Crippen molar-refractivity contribution in [2.45, 2.75) is 25.8 Å². The lowest BCUT2D eigenvalue weighted by Crippen LogP contribution is -2.46. The molecule has 28 heavy (non-hydrogen) atoms. The van der Waals surface area contributed by atoms with E-state index in [1.54, 1.807) is 4.68 Å². The number of halogens is 1. The molecule has 0 saturated carbocycles. The van der Waals surface area contributed by atoms with Gasteiger partial charge in [0.05, 0.1) is 5.52 Å². The number of hydrogen-bond acceptors (Lipinski definition) is 4. The molecular formula is C21H24ClN5O. The summed E-state index contributed by atoms with van der Waals surface area (Å²) in [6.45, 7) is 3.69. The molecule has 146 valence electrons. The van der Waals surface area contributed by atoms with Crippen LogP contribution < -0.4 is 4.90 Å². The molecule has 1 aromatic carbocycles. The molecule has 1 amide bonds. The van der Waals surface area contributed by atoms with E-state index in [0.29, 0.717) is 5.69 Å². The maximum Gasteiger partial charge on any atom is 0.274 e. The molecule has 1 fully saturated rings. The Hall–Kier alpha value is -2.60. The summed E-state index contributed by atoms with van der Waals surface area (Å²) in [5.41, 5.74) is 2.44. The minimum absolute atomic E-state index is 0.0112. The van der Waals surface area contributed by atoms with Gasteiger partial charge in [0.1, 0.15) is 5.82 Å². The van der Waals surface area contributed by atoms with Crippen LogP contribution in [-0.2, 0) is 7.05 Å². The fourth-order valence-electron chi connectivity index (χ4n) is 3.76. The Kier molecular flexibility index (Phi) is 4.98. The van der Waals surface area contributed by atoms with Crippen molar-refractivity contribution in [1.82, 2.24) is 19.7 Å². The van der Waals surface area contributed by atoms with Crippen LogP contribution in [0.2, 0.25) is 5.02 Å². The van der Waals surface area contributed by atoms with Crippen molar-refractivity contribution in [3.63, 3.8) is 0 Å². The van der Waals surface area contributed by atoms with Gasteiger partial charge in [-0.1, -0.05) is 11.6 Å². The minimum atomic E-state index is -0.0112. The molecule has 7 heteroatoms. The summed E-state index contributed by atoms with van der Waals surface area (Å²) in [4.78, 5) is 21.7. The number of hydrogen-bond donors (Lipinski definition) is 0. The van der Waals surface area contributed by atoms with Crippen molar-refractivity contribution in [1.29, 1.82) is 0 Å². The van der Waals surface area contributed by atoms with Crippen LogP contribution in [0.25, 0.3) is 10.9 Å². The number of carbonyl (C=O) groups excluding carboxylic acids is 1. The first-order valence-electron chi connectivity index (χ1n) is 9.51. The number of amides is 1. The number of anilines is 1. The molecule has 4 rings (SSSR count). The van der Waals surface area contributed by atoms with Crippen molar-refractivity contribution in [3.8, 4) is 0 Å². The van der Waals surface area contributed by atoms with Gasteiger partial charge >= 0.3 is 0 Å². The van der Waals surface area contributed by atoms with Crippen molar-refractivity contribution >= 4 is 34.2 Å². The van der Waals surface area contributed by atoms with Gasteiger partial charge in [-0.05, 0) is 56.2 Å². The standard InChI is InChI=1S/C21H24ClN5O/c1-14-12-19(24-26(14)3)21(28)25(2)17-8-10-27(11-9-17)20-7-4-15-13-16(22)5-6-18(15)23-20/h4-7,12-13,17H,8-11H2,1-3H3. The molecule has 2 aromatic heterocycles. The number of fused-ring (bicyclic) bond motifs is 1. The van der Waals surface area contributed by atoms with Crippen molar-refractivity contribution in [2.24, 2.45) is 7.05 Å². The largest absolute Gasteiger partial charge is 0.356 e. The predicted octanol–water partition coefficient (Wildman–Crippen LogP) is 3.67. The third-order valence-electron chi connectivity index (χ3n) is 5.63. The average Bonchev–Trinajstić information content (AvgIpc) is 3.05. The molecule has 0 aliphatic carbocycles. The van der Waals surface area contributed by atoms with E-state index in [9.17, 15) is 4.79 Å². The summed E-state index contributed by atoms with van der Waals surface area (Å²) >= 11 is 6.06. The predicted molar refractivity (Wildman–Crippen MR) is 112 cm³/mol. The lowest BCUT2D eigenvalue weighted by atomic mass is 10.0. The number of piperidine rings is 1. The third-order valence-corrected chi connectivity index (χ3v) is 5.86. The number of aryl methyl sites for hydroxylation is 2. The molecule has 1 saturated heterocycles. The lowest BCUT2D eigenvalue weighted by Gasteiger charge is -2.37. The van der Waals surface area contributed by atoms with Gasteiger partial charge in [0.25, 0.3) is 5.91 Å². The summed E-state index contributed by atoms with van der Waals surface area (Å²) in [6.07, 6.45) is 1.82. The van der Waals surface area contributed by atoms with Crippen LogP contribution in [0.3, 0.4) is 0 Å². The molecule has 0 atom stereocenters. The highest BCUT2D eigenvalue weighted by molar-refractivity contribution is 6.31. The Bertz CT molecular complexity index is 1000. The zero-order chi connectivity index (χ0) is 19.8. The van der Waals surface area contributed by atoms with E-state index in [4.69, 9.17) is 16.6 Å². The second-order valence-electron chi connectivity index (χ2n) is 7.44. The van der Waals surface area contributed by atoms with Gasteiger partial charge in [0.2, 0.25) is 0 Å². The van der Waals surface area contributed by atoms with Crippen molar-refractivity contribution < 1.29 is 4.79 Å². The average molecular weight is 398 g/mol. The molecule has 1 aliphatic rings. The highest BCUT2D eigenvalue weighted by Gasteiger charge is 2.27. The molecule has 0 radical (unpaired) electrons. The Morgan fingerprint density at radius 1 is 1.18 bits per heavy atom. The molecule has 0 N–H and O–H groups in total. The van der Waals surface area contributed by atoms with Gasteiger partial charge in [0, 0.05) is 49.3 Å². The number of benzene rings is 1. The first-order valence-corrected chi connectivity index (χ1v) is 9.89. The molecule has 3 aromatic rings. The van der Waals surface area contributed by atoms with Gasteiger partial charge < -0.3 is 9.80 Å². The van der Waals surface area contributed by atoms with Crippen LogP contribution in [0.1, 0.15) is 29.0 Å². The van der Waals surface area contributed by atoms with Crippen molar-refractivity contribution in [2.75, 3.05) is 25.0 Å². The molecule has 0 bridgehead atoms. The summed E-state index contributed by atoms with van der Waals surface area (Å²) < 4.78 is 1.74. The zero-order valence-corrected chi connectivity index (χ0v) is 17.1. The number of nitrogens with zero attached hydrogens (tertiary/aromatic N) is 5. The van der Waals surface area contributed by atoms with Gasteiger partial charge in [-0.2, -0.15) is 5.10 Å². The Balaban J connectivity index is 1.42. The van der Waals surface area contributed by atoms with Crippen LogP contribution in [-0.4, -0.2) is 51.8 Å². The van der Waals surface area contributed by atoms with Crippen LogP contribution in [0.4, 0.5) is 5.82 Å². The van der Waals surface area contributed by atoms with Crippen LogP contribution >= 0.6 is 11.6 Å². The third kappa shape index (κ3) is 3.56. The van der Waals surface area contributed by atoms with E-state index in [-0.39, 0.29) is 11.9 Å². The van der Waals surface area contributed by atoms with E-state index in [1.807, 2.05) is 56.3 Å². The molecular weight excluding hydrogens is 374 g/mol. The first-order chi connectivity index (χ1) is 13.4. The molecule has 6 nitrogen and oxygen atoms in total. The minimum Gasteiger partial charge on any atom is -0.356 e. The molecule has 0 spiro atoms. The fraction of sp³-hybridized carbons (Fsp3) is 0.381. The topological polar surface area (TPSA) is 54.3 Å². The second kappa shape index (κ2) is 7.43. The number of pyridine rings is 1. The lowest BCUT2D eigenvalue weighted by molar-refractivity contribution is 0.0702. The zero-order valence-electron chi connectivity index (χ0n) is 16.4. The summed E-state index contributed by atoms with van der Waals surface area (Å²) in [6, 6.07) is 11.9. The summed E-state index contributed by atoms with van der Waals surface area (Å²) in [5.74, 6) is 0.963. The number of carbonyl (C=O) groups is 1. The highest BCUT2D eigenvalue weighted by atomic mass is 35.5. The number of aromatic nitrogens is 3. The van der Waals surface area contributed by atoms with Gasteiger partial charge in [0.15, 0.2) is 5.69 Å². The maximum atomic E-state index is 12.7. The highest BCUT2D eigenvalue weighted by Crippen LogP contribution is 2.25. The Morgan fingerprint density at radius 2 is 1.93 bits per heavy atom. The Labute approximate surface area is 169 Å². The smallest absolute Gasteiger partial charge is 0.274 e. The van der Waals surface area contributed by atoms with E-state index in [2.05, 4.69) is 16.1 Å². The normalized spacial score (nSPS) is 15.2. The molecule has 0 unspecified atom stereocenters. The molecule has 3 heterocycles. The Morgan fingerprint density at radius 3 is 2.61 bits per heavy atom. The van der Waals surface area contributed by atoms with Crippen LogP contribution in [0.5, 0.6) is 0 Å². The second-order valence-corrected chi connectivity index (χ2v) is 7.87. The van der Waals surface area contributed by atoms with Crippen molar-refractivity contribution in [3.05, 3.63) is 52.8 Å². The van der Waals surface area contributed by atoms with E-state index < -0.39 is 0 Å². The van der Waals surface area contributed by atoms with E-state index >= 15 is 0 Å². The number of rotatable bonds is 3. The first kappa shape index (κ1) is 18.7. The fourth-order valence-corrected chi connectivity index (χ4v) is 3.94. The summed E-state index contributed by atoms with van der Waals surface area (Å²) in [5, 5.41) is 6.08. The molecule has 1 aliphatic heterocycles. The van der Waals surface area contributed by atoms with Crippen LogP contribution in [0.15, 0.2) is 36.4 Å². The maximum absolute atomic E-state index is 12.7. The van der Waals surface area contributed by atoms with Crippen LogP contribution in [0, 0.1) is 6.92 Å². The van der Waals surface area contributed by atoms with E-state index in [0.717, 1.165) is 53.4 Å². The quantitative estimate of drug-likeness (QED) is 0.676. The SMILES string of the molecule is Cc1cc(C(=O)N(C)C2CCN(c3ccc4cc(Cl)ccc4n3)CC2)nn1C.